The zero-order valence-electron chi connectivity index (χ0n) is 13.1. The molecule has 130 valence electrons. The Morgan fingerprint density at radius 3 is 2.56 bits per heavy atom. The topological polar surface area (TPSA) is 53.2 Å². The first kappa shape index (κ1) is 16.4. The molecule has 0 bridgehead atoms. The standard InChI is InChI=1S/C18H16ClF2N3O/c19-10-3-1-9(2-4-10)17-16-13(8-15(25)22-18(16)24-23-17)12-7-11(20)5-6-14(12)21/h1-7,13,16-18,23-24H,8H2,(H,22,25). The van der Waals surface area contributed by atoms with Gasteiger partial charge in [-0.15, -0.1) is 0 Å². The molecule has 4 rings (SSSR count). The van der Waals surface area contributed by atoms with E-state index in [2.05, 4.69) is 16.2 Å². The zero-order valence-corrected chi connectivity index (χ0v) is 13.9. The predicted octanol–water partition coefficient (Wildman–Crippen LogP) is 3.01. The van der Waals surface area contributed by atoms with Crippen molar-refractivity contribution in [2.24, 2.45) is 5.92 Å². The van der Waals surface area contributed by atoms with Gasteiger partial charge in [-0.1, -0.05) is 23.7 Å². The molecule has 2 saturated heterocycles. The fourth-order valence-electron chi connectivity index (χ4n) is 3.82. The molecule has 0 radical (unpaired) electrons. The molecule has 2 fully saturated rings. The number of carbonyl (C=O) groups is 1. The summed E-state index contributed by atoms with van der Waals surface area (Å²) in [6, 6.07) is 10.6. The van der Waals surface area contributed by atoms with Crippen molar-refractivity contribution in [2.75, 3.05) is 0 Å². The van der Waals surface area contributed by atoms with E-state index >= 15 is 0 Å². The SMILES string of the molecule is O=C1CC(c2cc(F)ccc2F)C2C(NNC2c2ccc(Cl)cc2)N1. The Balaban J connectivity index is 1.75. The van der Waals surface area contributed by atoms with Crippen molar-refractivity contribution >= 4 is 17.5 Å². The first-order valence-corrected chi connectivity index (χ1v) is 8.41. The highest BCUT2D eigenvalue weighted by molar-refractivity contribution is 6.30. The van der Waals surface area contributed by atoms with Crippen LogP contribution in [-0.4, -0.2) is 12.1 Å². The molecular weight excluding hydrogens is 348 g/mol. The Morgan fingerprint density at radius 2 is 1.80 bits per heavy atom. The number of piperidine rings is 1. The van der Waals surface area contributed by atoms with Crippen LogP contribution in [-0.2, 0) is 4.79 Å². The van der Waals surface area contributed by atoms with E-state index in [9.17, 15) is 13.6 Å². The van der Waals surface area contributed by atoms with Crippen LogP contribution in [0.25, 0.3) is 0 Å². The number of fused-ring (bicyclic) bond motifs is 1. The molecule has 3 N–H and O–H groups in total. The zero-order chi connectivity index (χ0) is 17.6. The molecular formula is C18H16ClF2N3O. The number of amides is 1. The minimum atomic E-state index is -0.513. The van der Waals surface area contributed by atoms with E-state index in [1.807, 2.05) is 12.1 Å². The highest BCUT2D eigenvalue weighted by Crippen LogP contribution is 2.43. The maximum absolute atomic E-state index is 14.4. The van der Waals surface area contributed by atoms with Gasteiger partial charge in [0.25, 0.3) is 0 Å². The van der Waals surface area contributed by atoms with Gasteiger partial charge in [-0.25, -0.2) is 19.6 Å². The Hall–Kier alpha value is -2.02. The van der Waals surface area contributed by atoms with E-state index in [1.165, 1.54) is 6.07 Å². The molecule has 2 aromatic rings. The lowest BCUT2D eigenvalue weighted by Gasteiger charge is -2.36. The summed E-state index contributed by atoms with van der Waals surface area (Å²) >= 11 is 5.95. The molecule has 2 aliphatic rings. The largest absolute Gasteiger partial charge is 0.339 e. The third-order valence-electron chi connectivity index (χ3n) is 4.94. The Morgan fingerprint density at radius 1 is 1.04 bits per heavy atom. The Kier molecular flexibility index (Phi) is 4.19. The first-order valence-electron chi connectivity index (χ1n) is 8.04. The van der Waals surface area contributed by atoms with Crippen LogP contribution in [0, 0.1) is 17.6 Å². The van der Waals surface area contributed by atoms with E-state index < -0.39 is 17.6 Å². The van der Waals surface area contributed by atoms with Crippen LogP contribution in [0.4, 0.5) is 8.78 Å². The van der Waals surface area contributed by atoms with Gasteiger partial charge in [0.1, 0.15) is 11.6 Å². The lowest BCUT2D eigenvalue weighted by Crippen LogP contribution is -2.52. The summed E-state index contributed by atoms with van der Waals surface area (Å²) in [6.45, 7) is 0. The summed E-state index contributed by atoms with van der Waals surface area (Å²) in [6.07, 6.45) is -0.260. The second kappa shape index (κ2) is 6.37. The fraction of sp³-hybridized carbons (Fsp3) is 0.278. The maximum Gasteiger partial charge on any atom is 0.221 e. The predicted molar refractivity (Wildman–Crippen MR) is 89.6 cm³/mol. The van der Waals surface area contributed by atoms with Gasteiger partial charge in [-0.2, -0.15) is 0 Å². The van der Waals surface area contributed by atoms with Gasteiger partial charge in [0.2, 0.25) is 5.91 Å². The number of carbonyl (C=O) groups excluding carboxylic acids is 1. The van der Waals surface area contributed by atoms with E-state index in [0.717, 1.165) is 17.7 Å². The van der Waals surface area contributed by atoms with Crippen LogP contribution in [0.2, 0.25) is 5.02 Å². The molecule has 2 aliphatic heterocycles. The van der Waals surface area contributed by atoms with Gasteiger partial charge in [0.05, 0.1) is 12.2 Å². The van der Waals surface area contributed by atoms with Crippen molar-refractivity contribution in [2.45, 2.75) is 24.5 Å². The van der Waals surface area contributed by atoms with Crippen LogP contribution in [0.5, 0.6) is 0 Å². The average Bonchev–Trinajstić information content (AvgIpc) is 3.01. The average molecular weight is 364 g/mol. The summed E-state index contributed by atoms with van der Waals surface area (Å²) in [5.41, 5.74) is 7.41. The van der Waals surface area contributed by atoms with Gasteiger partial charge in [0.15, 0.2) is 0 Å². The normalized spacial score (nSPS) is 28.5. The van der Waals surface area contributed by atoms with Gasteiger partial charge in [-0.3, -0.25) is 4.79 Å². The second-order valence-corrected chi connectivity index (χ2v) is 6.85. The third kappa shape index (κ3) is 3.01. The first-order chi connectivity index (χ1) is 12.0. The van der Waals surface area contributed by atoms with Crippen molar-refractivity contribution in [3.8, 4) is 0 Å². The van der Waals surface area contributed by atoms with Gasteiger partial charge in [0, 0.05) is 23.3 Å². The molecule has 4 unspecified atom stereocenters. The molecule has 0 aliphatic carbocycles. The number of hydrogen-bond acceptors (Lipinski definition) is 3. The third-order valence-corrected chi connectivity index (χ3v) is 5.19. The van der Waals surface area contributed by atoms with Crippen molar-refractivity contribution < 1.29 is 13.6 Å². The van der Waals surface area contributed by atoms with Crippen LogP contribution in [0.1, 0.15) is 29.5 Å². The van der Waals surface area contributed by atoms with Crippen LogP contribution < -0.4 is 16.2 Å². The molecule has 2 heterocycles. The van der Waals surface area contributed by atoms with Crippen molar-refractivity contribution in [1.29, 1.82) is 0 Å². The quantitative estimate of drug-likeness (QED) is 0.769. The Bertz CT molecular complexity index is 814. The number of rotatable bonds is 2. The number of hydrogen-bond donors (Lipinski definition) is 3. The maximum atomic E-state index is 14.4. The lowest BCUT2D eigenvalue weighted by molar-refractivity contribution is -0.125. The number of nitrogens with one attached hydrogen (secondary N) is 3. The van der Waals surface area contributed by atoms with E-state index in [4.69, 9.17) is 11.6 Å². The lowest BCUT2D eigenvalue weighted by atomic mass is 9.74. The highest BCUT2D eigenvalue weighted by Gasteiger charge is 2.47. The summed E-state index contributed by atoms with van der Waals surface area (Å²) < 4.78 is 28.1. The van der Waals surface area contributed by atoms with E-state index in [0.29, 0.717) is 5.02 Å². The number of halogens is 3. The molecule has 7 heteroatoms. The Labute approximate surface area is 148 Å². The monoisotopic (exact) mass is 363 g/mol. The second-order valence-electron chi connectivity index (χ2n) is 6.42. The molecule has 0 saturated carbocycles. The smallest absolute Gasteiger partial charge is 0.221 e. The molecule has 1 amide bonds. The molecule has 0 aromatic heterocycles. The van der Waals surface area contributed by atoms with Crippen LogP contribution >= 0.6 is 11.6 Å². The minimum Gasteiger partial charge on any atom is -0.339 e. The van der Waals surface area contributed by atoms with Crippen molar-refractivity contribution in [3.63, 3.8) is 0 Å². The molecule has 25 heavy (non-hydrogen) atoms. The summed E-state index contributed by atoms with van der Waals surface area (Å²) in [4.78, 5) is 12.1. The minimum absolute atomic E-state index is 0.106. The highest BCUT2D eigenvalue weighted by atomic mass is 35.5. The fourth-order valence-corrected chi connectivity index (χ4v) is 3.95. The number of benzene rings is 2. The van der Waals surface area contributed by atoms with Crippen molar-refractivity contribution in [1.82, 2.24) is 16.2 Å². The van der Waals surface area contributed by atoms with Crippen LogP contribution in [0.15, 0.2) is 42.5 Å². The van der Waals surface area contributed by atoms with E-state index in [1.54, 1.807) is 12.1 Å². The van der Waals surface area contributed by atoms with Crippen molar-refractivity contribution in [3.05, 3.63) is 70.2 Å². The summed E-state index contributed by atoms with van der Waals surface area (Å²) in [7, 11) is 0. The molecule has 0 spiro atoms. The molecule has 2 aromatic carbocycles. The van der Waals surface area contributed by atoms with Crippen LogP contribution in [0.3, 0.4) is 0 Å². The van der Waals surface area contributed by atoms with Gasteiger partial charge < -0.3 is 5.32 Å². The summed E-state index contributed by atoms with van der Waals surface area (Å²) in [5.74, 6) is -1.82. The number of hydrazine groups is 1. The van der Waals surface area contributed by atoms with Gasteiger partial charge >= 0.3 is 0 Å². The molecule has 4 nitrogen and oxygen atoms in total. The summed E-state index contributed by atoms with van der Waals surface area (Å²) in [5, 5.41) is 3.49. The van der Waals surface area contributed by atoms with Gasteiger partial charge in [-0.05, 0) is 41.5 Å². The molecule has 4 atom stereocenters. The van der Waals surface area contributed by atoms with E-state index in [-0.39, 0.29) is 36.0 Å².